The van der Waals surface area contributed by atoms with Gasteiger partial charge in [-0.1, -0.05) is 13.0 Å². The van der Waals surface area contributed by atoms with Gasteiger partial charge in [0.15, 0.2) is 0 Å². The highest BCUT2D eigenvalue weighted by atomic mass is 16.3. The van der Waals surface area contributed by atoms with Crippen molar-refractivity contribution in [1.82, 2.24) is 0 Å². The summed E-state index contributed by atoms with van der Waals surface area (Å²) in [6.45, 7) is 10.7. The predicted molar refractivity (Wildman–Crippen MR) is 115 cm³/mol. The summed E-state index contributed by atoms with van der Waals surface area (Å²) in [4.78, 5) is 12.0. The summed E-state index contributed by atoms with van der Waals surface area (Å²) >= 11 is 0. The third kappa shape index (κ3) is 3.64. The second kappa shape index (κ2) is 7.56. The van der Waals surface area contributed by atoms with Crippen molar-refractivity contribution in [3.63, 3.8) is 0 Å². The fraction of sp³-hybridized carbons (Fsp3) is 0.885. The monoisotopic (exact) mass is 386 g/mol. The maximum absolute atomic E-state index is 12.0. The number of hydrogen-bond donors (Lipinski definition) is 1. The number of hydrogen-bond acceptors (Lipinski definition) is 2. The molecule has 4 saturated carbocycles. The summed E-state index contributed by atoms with van der Waals surface area (Å²) in [5, 5.41) is 10.2. The van der Waals surface area contributed by atoms with Gasteiger partial charge in [0, 0.05) is 12.8 Å². The lowest BCUT2D eigenvalue weighted by Crippen LogP contribution is -2.49. The second-order valence-corrected chi connectivity index (χ2v) is 11.7. The van der Waals surface area contributed by atoms with Gasteiger partial charge in [0.05, 0.1) is 5.60 Å². The molecule has 0 aromatic carbocycles. The van der Waals surface area contributed by atoms with Gasteiger partial charge >= 0.3 is 0 Å². The topological polar surface area (TPSA) is 37.3 Å². The van der Waals surface area contributed by atoms with E-state index < -0.39 is 5.60 Å². The summed E-state index contributed by atoms with van der Waals surface area (Å²) < 4.78 is 0. The molecule has 1 N–H and O–H groups in total. The van der Waals surface area contributed by atoms with Crippen LogP contribution >= 0.6 is 0 Å². The van der Waals surface area contributed by atoms with E-state index >= 15 is 0 Å². The van der Waals surface area contributed by atoms with Crippen molar-refractivity contribution in [3.8, 4) is 0 Å². The van der Waals surface area contributed by atoms with Crippen LogP contribution in [-0.4, -0.2) is 16.5 Å². The Kier molecular flexibility index (Phi) is 5.57. The van der Waals surface area contributed by atoms with Crippen LogP contribution in [0.1, 0.15) is 91.4 Å². The third-order valence-electron chi connectivity index (χ3n) is 9.75. The van der Waals surface area contributed by atoms with E-state index in [1.807, 2.05) is 13.8 Å². The average molecular weight is 387 g/mol. The average Bonchev–Trinajstić information content (AvgIpc) is 2.98. The first-order chi connectivity index (χ1) is 13.2. The molecule has 0 aromatic heterocycles. The molecule has 0 radical (unpaired) electrons. The van der Waals surface area contributed by atoms with Gasteiger partial charge < -0.3 is 5.11 Å². The molecule has 0 saturated heterocycles. The van der Waals surface area contributed by atoms with Gasteiger partial charge in [-0.15, -0.1) is 6.58 Å². The Morgan fingerprint density at radius 1 is 1.14 bits per heavy atom. The van der Waals surface area contributed by atoms with Gasteiger partial charge in [-0.2, -0.15) is 0 Å². The summed E-state index contributed by atoms with van der Waals surface area (Å²) in [5.41, 5.74) is -0.119. The zero-order valence-electron chi connectivity index (χ0n) is 18.5. The summed E-state index contributed by atoms with van der Waals surface area (Å²) in [6, 6.07) is 0. The van der Waals surface area contributed by atoms with Gasteiger partial charge in [0.2, 0.25) is 0 Å². The fourth-order valence-electron chi connectivity index (χ4n) is 8.41. The number of fused-ring (bicyclic) bond motifs is 5. The van der Waals surface area contributed by atoms with Gasteiger partial charge in [-0.25, -0.2) is 0 Å². The molecule has 0 amide bonds. The van der Waals surface area contributed by atoms with Crippen LogP contribution in [0.25, 0.3) is 0 Å². The molecule has 0 aliphatic heterocycles. The Morgan fingerprint density at radius 3 is 2.64 bits per heavy atom. The van der Waals surface area contributed by atoms with Crippen LogP contribution < -0.4 is 0 Å². The SMILES string of the molecule is C=C[C@H](CCC(C)(C)O)[C@H]1CCC2C3CCC4CC(=O)CCC4C3CCC21C. The quantitative estimate of drug-likeness (QED) is 0.573. The zero-order chi connectivity index (χ0) is 20.1. The lowest BCUT2D eigenvalue weighted by atomic mass is 9.49. The van der Waals surface area contributed by atoms with Crippen LogP contribution in [-0.2, 0) is 4.79 Å². The smallest absolute Gasteiger partial charge is 0.133 e. The van der Waals surface area contributed by atoms with Crippen LogP contribution in [0.2, 0.25) is 0 Å². The Morgan fingerprint density at radius 2 is 1.93 bits per heavy atom. The number of carbonyl (C=O) groups is 1. The van der Waals surface area contributed by atoms with Crippen LogP contribution in [0, 0.1) is 46.8 Å². The zero-order valence-corrected chi connectivity index (χ0v) is 18.5. The van der Waals surface area contributed by atoms with E-state index in [2.05, 4.69) is 19.6 Å². The largest absolute Gasteiger partial charge is 0.390 e. The van der Waals surface area contributed by atoms with Crippen molar-refractivity contribution < 1.29 is 9.90 Å². The third-order valence-corrected chi connectivity index (χ3v) is 9.75. The van der Waals surface area contributed by atoms with Crippen LogP contribution in [0.15, 0.2) is 12.7 Å². The minimum absolute atomic E-state index is 0.455. The summed E-state index contributed by atoms with van der Waals surface area (Å²) in [5.74, 6) is 6.02. The molecular formula is C26H42O2. The molecule has 0 aromatic rings. The highest BCUT2D eigenvalue weighted by Gasteiger charge is 2.57. The van der Waals surface area contributed by atoms with Crippen molar-refractivity contribution >= 4 is 5.78 Å². The van der Waals surface area contributed by atoms with E-state index in [-0.39, 0.29) is 0 Å². The van der Waals surface area contributed by atoms with Gasteiger partial charge in [0.25, 0.3) is 0 Å². The van der Waals surface area contributed by atoms with E-state index in [0.29, 0.717) is 23.0 Å². The van der Waals surface area contributed by atoms with Crippen molar-refractivity contribution in [2.24, 2.45) is 46.8 Å². The van der Waals surface area contributed by atoms with E-state index in [1.165, 1.54) is 44.9 Å². The number of carbonyl (C=O) groups excluding carboxylic acids is 1. The molecule has 158 valence electrons. The van der Waals surface area contributed by atoms with E-state index in [0.717, 1.165) is 55.3 Å². The van der Waals surface area contributed by atoms with Crippen molar-refractivity contribution in [2.75, 3.05) is 0 Å². The minimum atomic E-state index is -0.575. The Hall–Kier alpha value is -0.630. The molecule has 4 aliphatic rings. The Balaban J connectivity index is 1.49. The van der Waals surface area contributed by atoms with Gasteiger partial charge in [-0.05, 0) is 118 Å². The Labute approximate surface area is 172 Å². The highest BCUT2D eigenvalue weighted by Crippen LogP contribution is 2.65. The Bertz CT molecular complexity index is 602. The first kappa shape index (κ1) is 20.6. The van der Waals surface area contributed by atoms with Crippen LogP contribution in [0.5, 0.6) is 0 Å². The van der Waals surface area contributed by atoms with Crippen LogP contribution in [0.4, 0.5) is 0 Å². The molecule has 28 heavy (non-hydrogen) atoms. The lowest BCUT2D eigenvalue weighted by molar-refractivity contribution is -0.127. The van der Waals surface area contributed by atoms with Crippen molar-refractivity contribution in [2.45, 2.75) is 97.0 Å². The fourth-order valence-corrected chi connectivity index (χ4v) is 8.41. The first-order valence-corrected chi connectivity index (χ1v) is 12.1. The van der Waals surface area contributed by atoms with Crippen LogP contribution in [0.3, 0.4) is 0 Å². The molecule has 4 aliphatic carbocycles. The van der Waals surface area contributed by atoms with Gasteiger partial charge in [0.1, 0.15) is 5.78 Å². The number of aliphatic hydroxyl groups is 1. The lowest BCUT2D eigenvalue weighted by Gasteiger charge is -2.56. The standard InChI is InChI=1S/C26H42O2/c1-5-17(12-14-25(2,3)28)23-10-11-24-22-8-6-18-16-19(27)7-9-20(18)21(22)13-15-26(23,24)4/h5,17-18,20-24,28H,1,6-16H2,2-4H3/t17-,18?,20?,21?,22?,23-,24?,26?/m1/s1. The molecule has 0 heterocycles. The number of allylic oxidation sites excluding steroid dienone is 1. The van der Waals surface area contributed by atoms with E-state index in [4.69, 9.17) is 0 Å². The number of rotatable bonds is 5. The molecule has 2 heteroatoms. The molecule has 2 nitrogen and oxygen atoms in total. The maximum Gasteiger partial charge on any atom is 0.133 e. The minimum Gasteiger partial charge on any atom is -0.390 e. The normalized spacial score (nSPS) is 44.4. The molecule has 4 fully saturated rings. The van der Waals surface area contributed by atoms with E-state index in [9.17, 15) is 9.90 Å². The summed E-state index contributed by atoms with van der Waals surface area (Å²) in [7, 11) is 0. The van der Waals surface area contributed by atoms with E-state index in [1.54, 1.807) is 0 Å². The highest BCUT2D eigenvalue weighted by molar-refractivity contribution is 5.79. The first-order valence-electron chi connectivity index (χ1n) is 12.1. The maximum atomic E-state index is 12.0. The molecule has 8 atom stereocenters. The second-order valence-electron chi connectivity index (χ2n) is 11.7. The number of Topliss-reactive ketones (excluding diaryl/α,β-unsaturated/α-hetero) is 1. The molecule has 0 spiro atoms. The molecule has 0 bridgehead atoms. The molecule has 4 rings (SSSR count). The number of ketones is 1. The summed E-state index contributed by atoms with van der Waals surface area (Å²) in [6.07, 6.45) is 15.2. The van der Waals surface area contributed by atoms with Crippen molar-refractivity contribution in [3.05, 3.63) is 12.7 Å². The molecule has 6 unspecified atom stereocenters. The predicted octanol–water partition coefficient (Wildman–Crippen LogP) is 6.18. The van der Waals surface area contributed by atoms with Crippen molar-refractivity contribution in [1.29, 1.82) is 0 Å². The van der Waals surface area contributed by atoms with Gasteiger partial charge in [-0.3, -0.25) is 4.79 Å². The molecular weight excluding hydrogens is 344 g/mol.